The molecule has 17 heavy (non-hydrogen) atoms. The zero-order valence-electron chi connectivity index (χ0n) is 9.28. The largest absolute Gasteiger partial charge is 0.287 e. The number of sulfonamides is 1. The fourth-order valence-corrected chi connectivity index (χ4v) is 2.00. The Morgan fingerprint density at radius 2 is 2.12 bits per heavy atom. The quantitative estimate of drug-likeness (QED) is 0.669. The molecule has 0 atom stereocenters. The van der Waals surface area contributed by atoms with Crippen LogP contribution in [0.5, 0.6) is 0 Å². The van der Waals surface area contributed by atoms with Crippen molar-refractivity contribution in [3.8, 4) is 0 Å². The average molecular weight is 299 g/mol. The lowest BCUT2D eigenvalue weighted by molar-refractivity contribution is 0.0718. The lowest BCUT2D eigenvalue weighted by Crippen LogP contribution is -2.26. The van der Waals surface area contributed by atoms with Crippen LogP contribution in [0.25, 0.3) is 0 Å². The van der Waals surface area contributed by atoms with Gasteiger partial charge in [-0.15, -0.1) is 0 Å². The van der Waals surface area contributed by atoms with Gasteiger partial charge in [0, 0.05) is 6.20 Å². The molecule has 1 rings (SSSR count). The zero-order chi connectivity index (χ0) is 13.1. The molecule has 1 aromatic heterocycles. The van der Waals surface area contributed by atoms with Gasteiger partial charge < -0.3 is 0 Å². The van der Waals surface area contributed by atoms with Crippen molar-refractivity contribution in [2.75, 3.05) is 6.61 Å². The summed E-state index contributed by atoms with van der Waals surface area (Å²) < 4.78 is 23.4. The molecule has 0 aromatic carbocycles. The Kier molecular flexibility index (Phi) is 5.15. The third-order valence-corrected chi connectivity index (χ3v) is 3.53. The van der Waals surface area contributed by atoms with E-state index in [0.29, 0.717) is 0 Å². The van der Waals surface area contributed by atoms with Crippen molar-refractivity contribution in [1.29, 1.82) is 0 Å². The minimum absolute atomic E-state index is 0.0497. The van der Waals surface area contributed by atoms with E-state index >= 15 is 0 Å². The molecule has 0 aliphatic heterocycles. The molecule has 0 fully saturated rings. The standard InChI is InChI=1S/C9H12Cl2N2O3S/c1-6(2)5-16-13-17(14,15)7-3-8(10)9(11)12-4-7/h3-4,6,13H,5H2,1-2H3. The van der Waals surface area contributed by atoms with Crippen molar-refractivity contribution in [1.82, 2.24) is 9.87 Å². The molecule has 1 heterocycles. The van der Waals surface area contributed by atoms with Gasteiger partial charge in [-0.05, 0) is 12.0 Å². The predicted octanol–water partition coefficient (Wildman–Crippen LogP) is 2.25. The minimum Gasteiger partial charge on any atom is -0.287 e. The SMILES string of the molecule is CC(C)CONS(=O)(=O)c1cnc(Cl)c(Cl)c1. The van der Waals surface area contributed by atoms with Crippen LogP contribution >= 0.6 is 23.2 Å². The second-order valence-electron chi connectivity index (χ2n) is 3.74. The van der Waals surface area contributed by atoms with E-state index in [9.17, 15) is 8.42 Å². The topological polar surface area (TPSA) is 68.3 Å². The second kappa shape index (κ2) is 5.97. The van der Waals surface area contributed by atoms with Gasteiger partial charge in [0.2, 0.25) is 0 Å². The summed E-state index contributed by atoms with van der Waals surface area (Å²) in [6.07, 6.45) is 1.11. The highest BCUT2D eigenvalue weighted by Gasteiger charge is 2.16. The number of nitrogens with zero attached hydrogens (tertiary/aromatic N) is 1. The van der Waals surface area contributed by atoms with E-state index in [0.717, 1.165) is 6.20 Å². The Bertz CT molecular complexity index is 491. The second-order valence-corrected chi connectivity index (χ2v) is 6.15. The molecule has 0 amide bonds. The average Bonchev–Trinajstić information content (AvgIpc) is 2.21. The molecule has 0 radical (unpaired) electrons. The molecular weight excluding hydrogens is 287 g/mol. The molecule has 8 heteroatoms. The molecule has 1 aromatic rings. The zero-order valence-corrected chi connectivity index (χ0v) is 11.6. The third kappa shape index (κ3) is 4.40. The Hall–Kier alpha value is -0.400. The highest BCUT2D eigenvalue weighted by Crippen LogP contribution is 2.21. The summed E-state index contributed by atoms with van der Waals surface area (Å²) in [5.74, 6) is 0.213. The first-order valence-corrected chi connectivity index (χ1v) is 7.01. The van der Waals surface area contributed by atoms with E-state index in [1.54, 1.807) is 0 Å². The van der Waals surface area contributed by atoms with E-state index in [2.05, 4.69) is 4.98 Å². The number of aromatic nitrogens is 1. The van der Waals surface area contributed by atoms with Crippen LogP contribution in [0.2, 0.25) is 10.2 Å². The van der Waals surface area contributed by atoms with E-state index < -0.39 is 10.0 Å². The summed E-state index contributed by atoms with van der Waals surface area (Å²) in [5.41, 5.74) is 0. The molecule has 0 aliphatic carbocycles. The van der Waals surface area contributed by atoms with Gasteiger partial charge in [-0.1, -0.05) is 41.9 Å². The Balaban J connectivity index is 2.79. The monoisotopic (exact) mass is 298 g/mol. The molecule has 0 bridgehead atoms. The van der Waals surface area contributed by atoms with Gasteiger partial charge in [-0.3, -0.25) is 4.84 Å². The molecular formula is C9H12Cl2N2O3S. The number of halogens is 2. The molecule has 0 saturated heterocycles. The number of pyridine rings is 1. The molecule has 0 aliphatic rings. The van der Waals surface area contributed by atoms with Gasteiger partial charge in [-0.2, -0.15) is 0 Å². The van der Waals surface area contributed by atoms with E-state index in [4.69, 9.17) is 28.0 Å². The van der Waals surface area contributed by atoms with Crippen LogP contribution in [-0.4, -0.2) is 20.0 Å². The molecule has 1 N–H and O–H groups in total. The number of nitrogens with one attached hydrogen (secondary N) is 1. The fourth-order valence-electron chi connectivity index (χ4n) is 0.877. The summed E-state index contributed by atoms with van der Waals surface area (Å²) in [6, 6.07) is 1.21. The maximum Gasteiger partial charge on any atom is 0.264 e. The minimum atomic E-state index is -3.77. The van der Waals surface area contributed by atoms with Crippen molar-refractivity contribution >= 4 is 33.2 Å². The number of hydrogen-bond donors (Lipinski definition) is 1. The molecule has 0 unspecified atom stereocenters. The van der Waals surface area contributed by atoms with Crippen molar-refractivity contribution in [2.45, 2.75) is 18.7 Å². The van der Waals surface area contributed by atoms with Crippen molar-refractivity contribution in [3.05, 3.63) is 22.4 Å². The lowest BCUT2D eigenvalue weighted by Gasteiger charge is -2.08. The molecule has 0 saturated carbocycles. The smallest absolute Gasteiger partial charge is 0.264 e. The number of hydrogen-bond acceptors (Lipinski definition) is 4. The van der Waals surface area contributed by atoms with Crippen LogP contribution in [-0.2, 0) is 14.9 Å². The van der Waals surface area contributed by atoms with Gasteiger partial charge in [0.05, 0.1) is 11.6 Å². The molecule has 0 spiro atoms. The van der Waals surface area contributed by atoms with Crippen LogP contribution in [0.15, 0.2) is 17.2 Å². The highest BCUT2D eigenvalue weighted by molar-refractivity contribution is 7.89. The maximum atomic E-state index is 11.7. The lowest BCUT2D eigenvalue weighted by atomic mass is 10.2. The fraction of sp³-hybridized carbons (Fsp3) is 0.444. The summed E-state index contributed by atoms with van der Waals surface area (Å²) in [4.78, 5) is 10.4. The van der Waals surface area contributed by atoms with Crippen LogP contribution in [0.4, 0.5) is 0 Å². The van der Waals surface area contributed by atoms with Gasteiger partial charge in [-0.25, -0.2) is 13.4 Å². The van der Waals surface area contributed by atoms with Crippen LogP contribution in [0.3, 0.4) is 0 Å². The molecule has 5 nitrogen and oxygen atoms in total. The van der Waals surface area contributed by atoms with Crippen molar-refractivity contribution in [2.24, 2.45) is 5.92 Å². The Morgan fingerprint density at radius 3 is 2.65 bits per heavy atom. The maximum absolute atomic E-state index is 11.7. The summed E-state index contributed by atoms with van der Waals surface area (Å²) in [5, 5.41) is 0.118. The Morgan fingerprint density at radius 1 is 1.47 bits per heavy atom. The van der Waals surface area contributed by atoms with E-state index in [1.807, 2.05) is 18.7 Å². The summed E-state index contributed by atoms with van der Waals surface area (Å²) in [6.45, 7) is 4.07. The first kappa shape index (κ1) is 14.7. The van der Waals surface area contributed by atoms with E-state index in [-0.39, 0.29) is 27.6 Å². The van der Waals surface area contributed by atoms with Crippen molar-refractivity contribution in [3.63, 3.8) is 0 Å². The first-order valence-electron chi connectivity index (χ1n) is 4.77. The third-order valence-electron chi connectivity index (χ3n) is 1.67. The van der Waals surface area contributed by atoms with Crippen LogP contribution in [0, 0.1) is 5.92 Å². The summed E-state index contributed by atoms with van der Waals surface area (Å²) in [7, 11) is -3.77. The predicted molar refractivity (Wildman–Crippen MR) is 65.4 cm³/mol. The first-order chi connectivity index (χ1) is 7.83. The van der Waals surface area contributed by atoms with Crippen LogP contribution in [0.1, 0.15) is 13.8 Å². The summed E-state index contributed by atoms with van der Waals surface area (Å²) >= 11 is 11.3. The normalized spacial score (nSPS) is 12.1. The van der Waals surface area contributed by atoms with Gasteiger partial charge in [0.1, 0.15) is 10.0 Å². The van der Waals surface area contributed by atoms with E-state index in [1.165, 1.54) is 6.07 Å². The van der Waals surface area contributed by atoms with Crippen molar-refractivity contribution < 1.29 is 13.3 Å². The number of rotatable bonds is 5. The van der Waals surface area contributed by atoms with Crippen LogP contribution < -0.4 is 4.89 Å². The Labute approximate surface area is 110 Å². The van der Waals surface area contributed by atoms with Gasteiger partial charge in [0.25, 0.3) is 10.0 Å². The van der Waals surface area contributed by atoms with Gasteiger partial charge >= 0.3 is 0 Å². The highest BCUT2D eigenvalue weighted by atomic mass is 35.5. The molecule has 96 valence electrons. The van der Waals surface area contributed by atoms with Gasteiger partial charge in [0.15, 0.2) is 0 Å².